The highest BCUT2D eigenvalue weighted by Gasteiger charge is 2.45. The number of halogens is 1. The lowest BCUT2D eigenvalue weighted by molar-refractivity contribution is -0.284. The number of carbonyl (C=O) groups excluding carboxylic acids is 1. The number of rotatable bonds is 6. The van der Waals surface area contributed by atoms with E-state index < -0.39 is 43.0 Å². The number of hydrogen-bond donors (Lipinski definition) is 4. The largest absolute Gasteiger partial charge is 0.394 e. The highest BCUT2D eigenvalue weighted by molar-refractivity contribution is 6.17. The first-order chi connectivity index (χ1) is 8.51. The second-order valence-electron chi connectivity index (χ2n) is 4.10. The number of amides is 1. The van der Waals surface area contributed by atoms with Crippen molar-refractivity contribution in [2.24, 2.45) is 11.7 Å². The Hall–Kier alpha value is -0.440. The van der Waals surface area contributed by atoms with Crippen molar-refractivity contribution in [3.8, 4) is 0 Å². The van der Waals surface area contributed by atoms with E-state index in [9.17, 15) is 15.0 Å². The Morgan fingerprint density at radius 2 is 2.06 bits per heavy atom. The van der Waals surface area contributed by atoms with Gasteiger partial charge in [-0.3, -0.25) is 4.79 Å². The van der Waals surface area contributed by atoms with Crippen molar-refractivity contribution < 1.29 is 29.6 Å². The molecule has 5 unspecified atom stereocenters. The van der Waals surface area contributed by atoms with Crippen LogP contribution < -0.4 is 5.73 Å². The molecule has 0 spiro atoms. The molecule has 1 fully saturated rings. The van der Waals surface area contributed by atoms with E-state index in [1.165, 1.54) is 0 Å². The molecule has 106 valence electrons. The van der Waals surface area contributed by atoms with Crippen molar-refractivity contribution in [2.45, 2.75) is 31.0 Å². The van der Waals surface area contributed by atoms with Gasteiger partial charge in [0.25, 0.3) is 0 Å². The number of hydrogen-bond acceptors (Lipinski definition) is 6. The molecule has 1 aliphatic heterocycles. The molecule has 18 heavy (non-hydrogen) atoms. The van der Waals surface area contributed by atoms with Crippen LogP contribution in [0.3, 0.4) is 0 Å². The summed E-state index contributed by atoms with van der Waals surface area (Å²) in [6.45, 7) is -0.315. The van der Waals surface area contributed by atoms with Gasteiger partial charge in [0.2, 0.25) is 5.91 Å². The smallest absolute Gasteiger partial charge is 0.217 e. The second-order valence-corrected chi connectivity index (χ2v) is 4.48. The molecule has 0 aromatic carbocycles. The van der Waals surface area contributed by atoms with Gasteiger partial charge in [0.05, 0.1) is 19.3 Å². The summed E-state index contributed by atoms with van der Waals surface area (Å²) in [5, 5.41) is 28.6. The van der Waals surface area contributed by atoms with E-state index >= 15 is 0 Å². The summed E-state index contributed by atoms with van der Waals surface area (Å²) in [5.41, 5.74) is 5.07. The SMILES string of the molecule is NC(=O)CC1C(OCCCl)OC(CO)C(O)C1O. The number of primary amides is 1. The van der Waals surface area contributed by atoms with Gasteiger partial charge in [-0.25, -0.2) is 0 Å². The van der Waals surface area contributed by atoms with Gasteiger partial charge in [0.1, 0.15) is 12.2 Å². The monoisotopic (exact) mass is 283 g/mol. The summed E-state index contributed by atoms with van der Waals surface area (Å²) < 4.78 is 10.5. The molecule has 0 aliphatic carbocycles. The predicted octanol–water partition coefficient (Wildman–Crippen LogP) is -1.83. The van der Waals surface area contributed by atoms with Crippen LogP contribution in [0.5, 0.6) is 0 Å². The summed E-state index contributed by atoms with van der Waals surface area (Å²) in [6.07, 6.45) is -4.65. The van der Waals surface area contributed by atoms with E-state index in [4.69, 9.17) is 31.9 Å². The normalized spacial score (nSPS) is 36.6. The van der Waals surface area contributed by atoms with Crippen molar-refractivity contribution in [2.75, 3.05) is 19.1 Å². The number of aliphatic hydroxyl groups is 3. The molecule has 1 saturated heterocycles. The highest BCUT2D eigenvalue weighted by Crippen LogP contribution is 2.29. The maximum atomic E-state index is 10.9. The van der Waals surface area contributed by atoms with Crippen molar-refractivity contribution in [1.29, 1.82) is 0 Å². The van der Waals surface area contributed by atoms with E-state index in [1.54, 1.807) is 0 Å². The zero-order chi connectivity index (χ0) is 13.7. The van der Waals surface area contributed by atoms with Crippen LogP contribution in [0.2, 0.25) is 0 Å². The fourth-order valence-electron chi connectivity index (χ4n) is 1.91. The summed E-state index contributed by atoms with van der Waals surface area (Å²) in [7, 11) is 0. The maximum Gasteiger partial charge on any atom is 0.217 e. The summed E-state index contributed by atoms with van der Waals surface area (Å²) in [5.74, 6) is -1.22. The maximum absolute atomic E-state index is 10.9. The van der Waals surface area contributed by atoms with E-state index in [0.717, 1.165) is 0 Å². The Bertz CT molecular complexity index is 279. The topological polar surface area (TPSA) is 122 Å². The van der Waals surface area contributed by atoms with Gasteiger partial charge in [-0.15, -0.1) is 11.6 Å². The molecule has 0 saturated carbocycles. The quantitative estimate of drug-likeness (QED) is 0.426. The number of aliphatic hydroxyl groups excluding tert-OH is 3. The molecule has 0 radical (unpaired) electrons. The molecule has 8 heteroatoms. The van der Waals surface area contributed by atoms with Gasteiger partial charge in [-0.1, -0.05) is 0 Å². The second kappa shape index (κ2) is 7.22. The molecule has 0 aromatic heterocycles. The van der Waals surface area contributed by atoms with Crippen LogP contribution in [0.1, 0.15) is 6.42 Å². The average molecular weight is 284 g/mol. The van der Waals surface area contributed by atoms with Crippen LogP contribution in [0, 0.1) is 5.92 Å². The van der Waals surface area contributed by atoms with E-state index in [1.807, 2.05) is 0 Å². The summed E-state index contributed by atoms with van der Waals surface area (Å²) in [4.78, 5) is 10.9. The number of alkyl halides is 1. The Balaban J connectivity index is 2.76. The minimum Gasteiger partial charge on any atom is -0.394 e. The molecule has 5 atom stereocenters. The van der Waals surface area contributed by atoms with Crippen LogP contribution in [0.25, 0.3) is 0 Å². The van der Waals surface area contributed by atoms with Crippen LogP contribution in [-0.4, -0.2) is 64.9 Å². The number of ether oxygens (including phenoxy) is 2. The zero-order valence-corrected chi connectivity index (χ0v) is 10.5. The van der Waals surface area contributed by atoms with Crippen LogP contribution in [0.4, 0.5) is 0 Å². The molecule has 1 heterocycles. The van der Waals surface area contributed by atoms with Crippen LogP contribution in [0.15, 0.2) is 0 Å². The standard InChI is InChI=1S/C10H18ClNO6/c11-1-2-17-10-5(3-7(12)14)8(15)9(16)6(4-13)18-10/h5-6,8-10,13,15-16H,1-4H2,(H2,12,14). The molecule has 5 N–H and O–H groups in total. The highest BCUT2D eigenvalue weighted by atomic mass is 35.5. The van der Waals surface area contributed by atoms with Gasteiger partial charge in [0, 0.05) is 18.2 Å². The van der Waals surface area contributed by atoms with Crippen molar-refractivity contribution in [3.05, 3.63) is 0 Å². The number of nitrogens with two attached hydrogens (primary N) is 1. The van der Waals surface area contributed by atoms with Crippen molar-refractivity contribution in [3.63, 3.8) is 0 Å². The van der Waals surface area contributed by atoms with Gasteiger partial charge in [-0.2, -0.15) is 0 Å². The van der Waals surface area contributed by atoms with E-state index in [-0.39, 0.29) is 18.9 Å². The van der Waals surface area contributed by atoms with Crippen molar-refractivity contribution >= 4 is 17.5 Å². The fraction of sp³-hybridized carbons (Fsp3) is 0.900. The van der Waals surface area contributed by atoms with E-state index in [0.29, 0.717) is 0 Å². The Kier molecular flexibility index (Phi) is 6.27. The van der Waals surface area contributed by atoms with Gasteiger partial charge >= 0.3 is 0 Å². The molecule has 0 bridgehead atoms. The third kappa shape index (κ3) is 3.78. The molecule has 1 aliphatic rings. The zero-order valence-electron chi connectivity index (χ0n) is 9.74. The Morgan fingerprint density at radius 1 is 1.39 bits per heavy atom. The lowest BCUT2D eigenvalue weighted by Gasteiger charge is -2.41. The molecule has 0 aromatic rings. The van der Waals surface area contributed by atoms with Crippen LogP contribution >= 0.6 is 11.6 Å². The van der Waals surface area contributed by atoms with Gasteiger partial charge in [0.15, 0.2) is 6.29 Å². The van der Waals surface area contributed by atoms with Crippen molar-refractivity contribution in [1.82, 2.24) is 0 Å². The molecule has 7 nitrogen and oxygen atoms in total. The third-order valence-corrected chi connectivity index (χ3v) is 2.96. The van der Waals surface area contributed by atoms with E-state index in [2.05, 4.69) is 0 Å². The Morgan fingerprint density at radius 3 is 2.56 bits per heavy atom. The third-order valence-electron chi connectivity index (χ3n) is 2.80. The molecule has 1 amide bonds. The minimum atomic E-state index is -1.30. The van der Waals surface area contributed by atoms with Gasteiger partial charge < -0.3 is 30.5 Å². The number of carbonyl (C=O) groups is 1. The molecular weight excluding hydrogens is 266 g/mol. The average Bonchev–Trinajstić information content (AvgIpc) is 2.33. The fourth-order valence-corrected chi connectivity index (χ4v) is 2.00. The minimum absolute atomic E-state index is 0.155. The lowest BCUT2D eigenvalue weighted by Crippen LogP contribution is -2.57. The lowest BCUT2D eigenvalue weighted by atomic mass is 9.88. The summed E-state index contributed by atoms with van der Waals surface area (Å²) in [6, 6.07) is 0. The first-order valence-corrected chi connectivity index (χ1v) is 6.13. The van der Waals surface area contributed by atoms with Gasteiger partial charge in [-0.05, 0) is 0 Å². The van der Waals surface area contributed by atoms with Crippen LogP contribution in [-0.2, 0) is 14.3 Å². The predicted molar refractivity (Wildman–Crippen MR) is 61.7 cm³/mol. The molecule has 1 rings (SSSR count). The Labute approximate surface area is 109 Å². The first kappa shape index (κ1) is 15.6. The molecular formula is C10H18ClNO6. The first-order valence-electron chi connectivity index (χ1n) is 5.59. The summed E-state index contributed by atoms with van der Waals surface area (Å²) >= 11 is 5.48.